The third kappa shape index (κ3) is 11.4. The van der Waals surface area contributed by atoms with Gasteiger partial charge in [-0.1, -0.05) is 147 Å². The molecule has 0 saturated carbocycles. The summed E-state index contributed by atoms with van der Waals surface area (Å²) in [6.45, 7) is 20.8. The molecule has 0 radical (unpaired) electrons. The molecule has 0 aliphatic heterocycles. The van der Waals surface area contributed by atoms with Crippen LogP contribution in [0.15, 0.2) is 130 Å². The Labute approximate surface area is 261 Å². The first-order valence-corrected chi connectivity index (χ1v) is 15.4. The molecule has 0 amide bonds. The van der Waals surface area contributed by atoms with Gasteiger partial charge in [-0.05, 0) is 76.4 Å². The first-order chi connectivity index (χ1) is 20.0. The number of carbonyl (C=O) groups is 1. The number of allylic oxidation sites excluding steroid dienone is 20. The molecule has 2 aliphatic rings. The van der Waals surface area contributed by atoms with Gasteiger partial charge in [0.1, 0.15) is 6.10 Å². The lowest BCUT2D eigenvalue weighted by molar-refractivity contribution is -0.125. The van der Waals surface area contributed by atoms with Crippen LogP contribution in [0.4, 0.5) is 0 Å². The smallest absolute Gasteiger partial charge is 0.187 e. The van der Waals surface area contributed by atoms with Crippen LogP contribution in [0.2, 0.25) is 0 Å². The second-order valence-electron chi connectivity index (χ2n) is 13.6. The third-order valence-electron chi connectivity index (χ3n) is 8.36. The first-order valence-electron chi connectivity index (χ1n) is 15.4. The Morgan fingerprint density at radius 3 is 1.77 bits per heavy atom. The molecule has 2 N–H and O–H groups in total. The summed E-state index contributed by atoms with van der Waals surface area (Å²) in [5.74, 6) is 0.171. The fourth-order valence-electron chi connectivity index (χ4n) is 5.89. The lowest BCUT2D eigenvalue weighted by Crippen LogP contribution is -2.35. The van der Waals surface area contributed by atoms with Gasteiger partial charge in [-0.25, -0.2) is 0 Å². The van der Waals surface area contributed by atoms with Crippen molar-refractivity contribution < 1.29 is 15.0 Å². The molecule has 3 atom stereocenters. The highest BCUT2D eigenvalue weighted by molar-refractivity contribution is 6.00. The molecule has 2 rings (SSSR count). The molecule has 0 bridgehead atoms. The third-order valence-corrected chi connectivity index (χ3v) is 8.36. The Bertz CT molecular complexity index is 1360. The molecule has 232 valence electrons. The van der Waals surface area contributed by atoms with Gasteiger partial charge in [0, 0.05) is 5.92 Å². The highest BCUT2D eigenvalue weighted by Gasteiger charge is 2.36. The van der Waals surface area contributed by atoms with Crippen LogP contribution in [0.1, 0.15) is 82.1 Å². The Hall–Kier alpha value is -3.27. The Kier molecular flexibility index (Phi) is 13.4. The Morgan fingerprint density at radius 1 is 0.744 bits per heavy atom. The summed E-state index contributed by atoms with van der Waals surface area (Å²) >= 11 is 0. The summed E-state index contributed by atoms with van der Waals surface area (Å²) in [6, 6.07) is 0. The Morgan fingerprint density at radius 2 is 1.23 bits per heavy atom. The van der Waals surface area contributed by atoms with Crippen LogP contribution >= 0.6 is 0 Å². The normalized spacial score (nSPS) is 26.3. The van der Waals surface area contributed by atoms with Crippen molar-refractivity contribution in [2.75, 3.05) is 0 Å². The first kappa shape index (κ1) is 35.9. The van der Waals surface area contributed by atoms with E-state index in [9.17, 15) is 15.0 Å². The summed E-state index contributed by atoms with van der Waals surface area (Å²) in [5.41, 5.74) is 7.29. The lowest BCUT2D eigenvalue weighted by atomic mass is 9.67. The highest BCUT2D eigenvalue weighted by Crippen LogP contribution is 2.42. The lowest BCUT2D eigenvalue weighted by Gasteiger charge is -2.38. The minimum absolute atomic E-state index is 0.0473. The monoisotopic (exact) mass is 582 g/mol. The van der Waals surface area contributed by atoms with E-state index < -0.39 is 6.10 Å². The molecule has 2 aliphatic carbocycles. The number of rotatable bonds is 10. The number of hydrogen-bond acceptors (Lipinski definition) is 3. The van der Waals surface area contributed by atoms with Crippen molar-refractivity contribution in [1.29, 1.82) is 0 Å². The van der Waals surface area contributed by atoms with Crippen molar-refractivity contribution in [3.8, 4) is 0 Å². The highest BCUT2D eigenvalue weighted by atomic mass is 16.3. The fourth-order valence-corrected chi connectivity index (χ4v) is 5.89. The quantitative estimate of drug-likeness (QED) is 0.199. The molecular formula is C40H54O3. The van der Waals surface area contributed by atoms with E-state index >= 15 is 0 Å². The van der Waals surface area contributed by atoms with Gasteiger partial charge in [0.2, 0.25) is 0 Å². The maximum absolute atomic E-state index is 12.2. The van der Waals surface area contributed by atoms with Crippen LogP contribution in [0, 0.1) is 16.7 Å². The topological polar surface area (TPSA) is 57.5 Å². The zero-order valence-corrected chi connectivity index (χ0v) is 28.1. The van der Waals surface area contributed by atoms with Gasteiger partial charge in [-0.2, -0.15) is 0 Å². The van der Waals surface area contributed by atoms with Crippen molar-refractivity contribution in [2.24, 2.45) is 16.7 Å². The van der Waals surface area contributed by atoms with Gasteiger partial charge in [0.15, 0.2) is 5.78 Å². The average Bonchev–Trinajstić information content (AvgIpc) is 2.88. The van der Waals surface area contributed by atoms with Crippen LogP contribution < -0.4 is 0 Å². The van der Waals surface area contributed by atoms with Crippen LogP contribution in [0.5, 0.6) is 0 Å². The fraction of sp³-hybridized carbons (Fsp3) is 0.425. The van der Waals surface area contributed by atoms with Gasteiger partial charge < -0.3 is 10.2 Å². The number of Topliss-reactive ketones (excluding diaryl/α,β-unsaturated/α-hetero) is 1. The maximum Gasteiger partial charge on any atom is 0.187 e. The van der Waals surface area contributed by atoms with Gasteiger partial charge in [0.25, 0.3) is 0 Å². The predicted molar refractivity (Wildman–Crippen MR) is 184 cm³/mol. The molecule has 3 heteroatoms. The molecule has 0 aromatic heterocycles. The zero-order valence-electron chi connectivity index (χ0n) is 28.1. The van der Waals surface area contributed by atoms with E-state index in [2.05, 4.69) is 110 Å². The molecule has 1 unspecified atom stereocenters. The minimum Gasteiger partial charge on any atom is -0.389 e. The molecule has 0 aromatic rings. The summed E-state index contributed by atoms with van der Waals surface area (Å²) in [6.07, 6.45) is 31.2. The van der Waals surface area contributed by atoms with Crippen LogP contribution in [-0.4, -0.2) is 28.2 Å². The minimum atomic E-state index is -0.898. The average molecular weight is 583 g/mol. The number of ketones is 1. The molecule has 0 saturated heterocycles. The van der Waals surface area contributed by atoms with E-state index in [4.69, 9.17) is 0 Å². The summed E-state index contributed by atoms with van der Waals surface area (Å²) < 4.78 is 0. The molecule has 0 heterocycles. The summed E-state index contributed by atoms with van der Waals surface area (Å²) in [4.78, 5) is 12.2. The van der Waals surface area contributed by atoms with E-state index in [0.29, 0.717) is 17.9 Å². The Balaban J connectivity index is 1.92. The number of aliphatic hydroxyl groups excluding tert-OH is 2. The van der Waals surface area contributed by atoms with Gasteiger partial charge >= 0.3 is 0 Å². The molecule has 3 nitrogen and oxygen atoms in total. The SMILES string of the molecule is CC1=C[C@H](O)CC(C)(C)C1/C=C/C(C)=C/C=C/C(C)=C/C=C/C=C(C)/C=C/C=C(C)/C=C/C1=C(C)C(=O)[C@@H](O)CC1(C)C. The largest absolute Gasteiger partial charge is 0.389 e. The van der Waals surface area contributed by atoms with E-state index in [-0.39, 0.29) is 22.7 Å². The van der Waals surface area contributed by atoms with Crippen LogP contribution in [0.25, 0.3) is 0 Å². The van der Waals surface area contributed by atoms with Crippen molar-refractivity contribution in [2.45, 2.75) is 94.3 Å². The van der Waals surface area contributed by atoms with E-state index in [1.165, 1.54) is 16.7 Å². The standard InChI is InChI=1S/C40H54O3/c1-28(17-13-19-30(3)21-23-35-32(5)25-34(41)26-39(35,7)8)15-11-12-16-29(2)18-14-20-31(4)22-24-36-33(6)38(43)37(42)27-40(36,9)10/h11-25,34-35,37,41-42H,26-27H2,1-10H3/b12-11+,17-13+,18-14+,23-21+,24-22+,28-15+,29-16+,30-19+,31-20+/t34-,35?,37-/m0/s1. The molecule has 0 aromatic carbocycles. The van der Waals surface area contributed by atoms with Crippen molar-refractivity contribution >= 4 is 5.78 Å². The van der Waals surface area contributed by atoms with E-state index in [1.54, 1.807) is 0 Å². The van der Waals surface area contributed by atoms with Gasteiger partial charge in [-0.3, -0.25) is 4.79 Å². The number of carbonyl (C=O) groups excluding carboxylic acids is 1. The molecule has 0 spiro atoms. The number of hydrogen-bond donors (Lipinski definition) is 2. The summed E-state index contributed by atoms with van der Waals surface area (Å²) in [5, 5.41) is 20.1. The van der Waals surface area contributed by atoms with Crippen molar-refractivity contribution in [3.63, 3.8) is 0 Å². The molecule has 0 fully saturated rings. The zero-order chi connectivity index (χ0) is 32.4. The van der Waals surface area contributed by atoms with E-state index in [1.807, 2.05) is 50.3 Å². The van der Waals surface area contributed by atoms with Gasteiger partial charge in [0.05, 0.1) is 6.10 Å². The van der Waals surface area contributed by atoms with Crippen molar-refractivity contribution in [1.82, 2.24) is 0 Å². The summed E-state index contributed by atoms with van der Waals surface area (Å²) in [7, 11) is 0. The van der Waals surface area contributed by atoms with Crippen LogP contribution in [0.3, 0.4) is 0 Å². The predicted octanol–water partition coefficient (Wildman–Crippen LogP) is 9.58. The maximum atomic E-state index is 12.2. The molecular weight excluding hydrogens is 528 g/mol. The second-order valence-corrected chi connectivity index (χ2v) is 13.6. The van der Waals surface area contributed by atoms with Gasteiger partial charge in [-0.15, -0.1) is 0 Å². The number of aliphatic hydroxyl groups is 2. The van der Waals surface area contributed by atoms with Crippen LogP contribution in [-0.2, 0) is 4.79 Å². The van der Waals surface area contributed by atoms with E-state index in [0.717, 1.165) is 23.1 Å². The van der Waals surface area contributed by atoms with Crippen molar-refractivity contribution in [3.05, 3.63) is 130 Å². The second kappa shape index (κ2) is 16.0. The molecule has 43 heavy (non-hydrogen) atoms.